The van der Waals surface area contributed by atoms with E-state index in [9.17, 15) is 4.79 Å². The molecule has 2 rings (SSSR count). The van der Waals surface area contributed by atoms with Gasteiger partial charge in [0, 0.05) is 31.3 Å². The van der Waals surface area contributed by atoms with E-state index in [2.05, 4.69) is 21.8 Å². The van der Waals surface area contributed by atoms with Crippen LogP contribution in [0.5, 0.6) is 0 Å². The molecule has 0 unspecified atom stereocenters. The molecule has 2 aromatic rings. The number of rotatable bonds is 4. The number of anilines is 1. The van der Waals surface area contributed by atoms with Crippen molar-refractivity contribution in [3.63, 3.8) is 0 Å². The second kappa shape index (κ2) is 5.67. The lowest BCUT2D eigenvalue weighted by Gasteiger charge is -2.09. The molecule has 0 aliphatic rings. The smallest absolute Gasteiger partial charge is 0.221 e. The highest BCUT2D eigenvalue weighted by molar-refractivity contribution is 5.89. The van der Waals surface area contributed by atoms with Crippen LogP contribution in [0, 0.1) is 0 Å². The van der Waals surface area contributed by atoms with Crippen molar-refractivity contribution in [2.45, 2.75) is 26.9 Å². The molecule has 0 aliphatic heterocycles. The lowest BCUT2D eigenvalue weighted by molar-refractivity contribution is -0.114. The maximum absolute atomic E-state index is 11.1. The van der Waals surface area contributed by atoms with Crippen LogP contribution in [0.4, 0.5) is 5.69 Å². The minimum Gasteiger partial charge on any atom is -0.327 e. The maximum atomic E-state index is 11.1. The molecular formula is C14H18N4O. The minimum atomic E-state index is -0.0846. The van der Waals surface area contributed by atoms with E-state index in [-0.39, 0.29) is 5.91 Å². The van der Waals surface area contributed by atoms with Crippen LogP contribution < -0.4 is 11.1 Å². The third kappa shape index (κ3) is 2.82. The van der Waals surface area contributed by atoms with Crippen LogP contribution in [-0.2, 0) is 17.9 Å². The molecule has 0 bridgehead atoms. The van der Waals surface area contributed by atoms with E-state index in [1.54, 1.807) is 6.20 Å². The zero-order valence-corrected chi connectivity index (χ0v) is 11.2. The summed E-state index contributed by atoms with van der Waals surface area (Å²) in [4.78, 5) is 15.5. The SMILES string of the molecule is CCn1c(CN)cnc1-c1cccc(NC(C)=O)c1. The third-order valence-electron chi connectivity index (χ3n) is 2.90. The number of carbonyl (C=O) groups is 1. The molecule has 0 atom stereocenters. The zero-order valence-electron chi connectivity index (χ0n) is 11.2. The second-order valence-corrected chi connectivity index (χ2v) is 4.28. The van der Waals surface area contributed by atoms with Crippen LogP contribution in [0.15, 0.2) is 30.5 Å². The Morgan fingerprint density at radius 1 is 1.47 bits per heavy atom. The largest absolute Gasteiger partial charge is 0.327 e. The molecule has 0 aliphatic carbocycles. The third-order valence-corrected chi connectivity index (χ3v) is 2.90. The first kappa shape index (κ1) is 13.3. The van der Waals surface area contributed by atoms with Gasteiger partial charge in [-0.3, -0.25) is 4.79 Å². The van der Waals surface area contributed by atoms with Crippen LogP contribution >= 0.6 is 0 Å². The molecule has 100 valence electrons. The summed E-state index contributed by atoms with van der Waals surface area (Å²) in [5.74, 6) is 0.786. The summed E-state index contributed by atoms with van der Waals surface area (Å²) < 4.78 is 2.08. The molecule has 0 spiro atoms. The molecule has 1 aromatic carbocycles. The Hall–Kier alpha value is -2.14. The normalized spacial score (nSPS) is 10.5. The lowest BCUT2D eigenvalue weighted by atomic mass is 10.2. The first-order valence-electron chi connectivity index (χ1n) is 6.28. The summed E-state index contributed by atoms with van der Waals surface area (Å²) in [6.45, 7) is 4.83. The number of hydrogen-bond acceptors (Lipinski definition) is 3. The molecule has 19 heavy (non-hydrogen) atoms. The average molecular weight is 258 g/mol. The van der Waals surface area contributed by atoms with Gasteiger partial charge in [0.2, 0.25) is 5.91 Å². The van der Waals surface area contributed by atoms with Gasteiger partial charge in [0.05, 0.1) is 11.9 Å². The predicted octanol–water partition coefficient (Wildman–Crippen LogP) is 1.99. The molecule has 1 amide bonds. The van der Waals surface area contributed by atoms with Crippen molar-refractivity contribution in [1.82, 2.24) is 9.55 Å². The maximum Gasteiger partial charge on any atom is 0.221 e. The Kier molecular flexibility index (Phi) is 3.97. The average Bonchev–Trinajstić information content (AvgIpc) is 2.81. The number of nitrogens with zero attached hydrogens (tertiary/aromatic N) is 2. The summed E-state index contributed by atoms with van der Waals surface area (Å²) in [6, 6.07) is 7.64. The number of nitrogens with one attached hydrogen (secondary N) is 1. The number of benzene rings is 1. The fraction of sp³-hybridized carbons (Fsp3) is 0.286. The topological polar surface area (TPSA) is 72.9 Å². The Bertz CT molecular complexity index is 589. The van der Waals surface area contributed by atoms with Crippen LogP contribution in [0.25, 0.3) is 11.4 Å². The number of nitrogens with two attached hydrogens (primary N) is 1. The van der Waals surface area contributed by atoms with Gasteiger partial charge in [-0.1, -0.05) is 12.1 Å². The fourth-order valence-corrected chi connectivity index (χ4v) is 2.10. The van der Waals surface area contributed by atoms with Crippen molar-refractivity contribution >= 4 is 11.6 Å². The predicted molar refractivity (Wildman–Crippen MR) is 75.5 cm³/mol. The quantitative estimate of drug-likeness (QED) is 0.880. The standard InChI is InChI=1S/C14H18N4O/c1-3-18-13(8-15)9-16-14(18)11-5-4-6-12(7-11)17-10(2)19/h4-7,9H,3,8,15H2,1-2H3,(H,17,19). The minimum absolute atomic E-state index is 0.0846. The Morgan fingerprint density at radius 2 is 2.26 bits per heavy atom. The monoisotopic (exact) mass is 258 g/mol. The molecule has 1 heterocycles. The van der Waals surface area contributed by atoms with Gasteiger partial charge in [-0.2, -0.15) is 0 Å². The van der Waals surface area contributed by atoms with Crippen molar-refractivity contribution in [2.75, 3.05) is 5.32 Å². The molecular weight excluding hydrogens is 240 g/mol. The molecule has 0 fully saturated rings. The molecule has 5 nitrogen and oxygen atoms in total. The van der Waals surface area contributed by atoms with E-state index in [1.807, 2.05) is 24.3 Å². The van der Waals surface area contributed by atoms with E-state index in [1.165, 1.54) is 6.92 Å². The summed E-state index contributed by atoms with van der Waals surface area (Å²) in [5, 5.41) is 2.77. The molecule has 0 radical (unpaired) electrons. The van der Waals surface area contributed by atoms with Crippen molar-refractivity contribution in [3.8, 4) is 11.4 Å². The van der Waals surface area contributed by atoms with Crippen LogP contribution in [-0.4, -0.2) is 15.5 Å². The van der Waals surface area contributed by atoms with E-state index in [0.29, 0.717) is 6.54 Å². The van der Waals surface area contributed by atoms with E-state index < -0.39 is 0 Å². The Balaban J connectivity index is 2.41. The summed E-state index contributed by atoms with van der Waals surface area (Å²) in [7, 11) is 0. The highest BCUT2D eigenvalue weighted by atomic mass is 16.1. The molecule has 0 saturated carbocycles. The first-order valence-corrected chi connectivity index (χ1v) is 6.28. The highest BCUT2D eigenvalue weighted by Gasteiger charge is 2.10. The van der Waals surface area contributed by atoms with Gasteiger partial charge in [-0.25, -0.2) is 4.98 Å². The van der Waals surface area contributed by atoms with Crippen molar-refractivity contribution in [3.05, 3.63) is 36.2 Å². The summed E-state index contributed by atoms with van der Waals surface area (Å²) in [6.07, 6.45) is 1.80. The van der Waals surface area contributed by atoms with Gasteiger partial charge < -0.3 is 15.6 Å². The number of hydrogen-bond donors (Lipinski definition) is 2. The number of aromatic nitrogens is 2. The van der Waals surface area contributed by atoms with E-state index in [0.717, 1.165) is 29.3 Å². The van der Waals surface area contributed by atoms with Gasteiger partial charge in [0.25, 0.3) is 0 Å². The highest BCUT2D eigenvalue weighted by Crippen LogP contribution is 2.22. The molecule has 0 saturated heterocycles. The molecule has 1 aromatic heterocycles. The van der Waals surface area contributed by atoms with Crippen LogP contribution in [0.2, 0.25) is 0 Å². The number of carbonyl (C=O) groups excluding carboxylic acids is 1. The van der Waals surface area contributed by atoms with Crippen molar-refractivity contribution < 1.29 is 4.79 Å². The van der Waals surface area contributed by atoms with Crippen LogP contribution in [0.3, 0.4) is 0 Å². The van der Waals surface area contributed by atoms with Crippen LogP contribution in [0.1, 0.15) is 19.5 Å². The molecule has 5 heteroatoms. The fourth-order valence-electron chi connectivity index (χ4n) is 2.10. The van der Waals surface area contributed by atoms with Gasteiger partial charge in [-0.15, -0.1) is 0 Å². The summed E-state index contributed by atoms with van der Waals surface area (Å²) >= 11 is 0. The summed E-state index contributed by atoms with van der Waals surface area (Å²) in [5.41, 5.74) is 8.43. The van der Waals surface area contributed by atoms with Crippen molar-refractivity contribution in [1.29, 1.82) is 0 Å². The lowest BCUT2D eigenvalue weighted by Crippen LogP contribution is -2.08. The number of amides is 1. The van der Waals surface area contributed by atoms with Gasteiger partial charge in [0.15, 0.2) is 0 Å². The van der Waals surface area contributed by atoms with Gasteiger partial charge in [-0.05, 0) is 19.1 Å². The second-order valence-electron chi connectivity index (χ2n) is 4.28. The molecule has 3 N–H and O–H groups in total. The van der Waals surface area contributed by atoms with E-state index >= 15 is 0 Å². The van der Waals surface area contributed by atoms with Gasteiger partial charge >= 0.3 is 0 Å². The van der Waals surface area contributed by atoms with Crippen molar-refractivity contribution in [2.24, 2.45) is 5.73 Å². The number of imidazole rings is 1. The van der Waals surface area contributed by atoms with E-state index in [4.69, 9.17) is 5.73 Å². The Labute approximate surface area is 112 Å². The first-order chi connectivity index (χ1) is 9.15. The van der Waals surface area contributed by atoms with Gasteiger partial charge in [0.1, 0.15) is 5.82 Å². The Morgan fingerprint density at radius 3 is 2.89 bits per heavy atom. The zero-order chi connectivity index (χ0) is 13.8.